The van der Waals surface area contributed by atoms with Crippen LogP contribution in [0.4, 0.5) is 5.69 Å². The molecule has 1 aliphatic rings. The quantitative estimate of drug-likeness (QED) is 0.546. The highest BCUT2D eigenvalue weighted by atomic mass is 32.1. The van der Waals surface area contributed by atoms with Gasteiger partial charge in [-0.1, -0.05) is 12.1 Å². The molecule has 0 bridgehead atoms. The molecule has 1 unspecified atom stereocenters. The van der Waals surface area contributed by atoms with Crippen LogP contribution in [0.3, 0.4) is 0 Å². The number of anilines is 1. The zero-order valence-electron chi connectivity index (χ0n) is 17.8. The number of aromatic hydroxyl groups is 1. The van der Waals surface area contributed by atoms with Gasteiger partial charge in [-0.3, -0.25) is 4.90 Å². The summed E-state index contributed by atoms with van der Waals surface area (Å²) in [6.45, 7) is 7.94. The lowest BCUT2D eigenvalue weighted by molar-refractivity contribution is -0.139. The Hall–Kier alpha value is -3.06. The molecular weight excluding hydrogens is 400 g/mol. The SMILES string of the molecule is CCOC(=O)C1=C(C)N(c2cc(C)cc(C)c2)C(=S)NC1c1ccc(O)c(OC)c1. The molecule has 7 heteroatoms. The molecule has 0 amide bonds. The van der Waals surface area contributed by atoms with Crippen LogP contribution < -0.4 is 15.0 Å². The van der Waals surface area contributed by atoms with Crippen molar-refractivity contribution in [1.29, 1.82) is 0 Å². The van der Waals surface area contributed by atoms with E-state index >= 15 is 0 Å². The summed E-state index contributed by atoms with van der Waals surface area (Å²) < 4.78 is 10.6. The maximum Gasteiger partial charge on any atom is 0.338 e. The van der Waals surface area contributed by atoms with Crippen molar-refractivity contribution in [2.45, 2.75) is 33.7 Å². The van der Waals surface area contributed by atoms with E-state index in [-0.39, 0.29) is 12.4 Å². The van der Waals surface area contributed by atoms with E-state index in [0.717, 1.165) is 22.4 Å². The highest BCUT2D eigenvalue weighted by molar-refractivity contribution is 7.80. The molecule has 0 aromatic heterocycles. The first-order valence-electron chi connectivity index (χ1n) is 9.70. The lowest BCUT2D eigenvalue weighted by Gasteiger charge is -2.37. The van der Waals surface area contributed by atoms with Gasteiger partial charge in [0.2, 0.25) is 0 Å². The summed E-state index contributed by atoms with van der Waals surface area (Å²) in [4.78, 5) is 14.8. The van der Waals surface area contributed by atoms with Gasteiger partial charge in [-0.05, 0) is 80.9 Å². The Bertz CT molecular complexity index is 1010. The standard InChI is InChI=1S/C23H26N2O4S/c1-6-29-22(27)20-15(4)25(17-10-13(2)9-14(3)11-17)23(30)24-21(20)16-7-8-18(26)19(12-16)28-5/h7-12,21,26H,6H2,1-5H3,(H,24,30). The molecule has 0 radical (unpaired) electrons. The van der Waals surface area contributed by atoms with Crippen molar-refractivity contribution in [2.75, 3.05) is 18.6 Å². The number of hydrogen-bond donors (Lipinski definition) is 2. The highest BCUT2D eigenvalue weighted by Gasteiger charge is 2.35. The number of aryl methyl sites for hydroxylation is 2. The minimum atomic E-state index is -0.534. The number of carbonyl (C=O) groups excluding carboxylic acids is 1. The number of phenolic OH excluding ortho intramolecular Hbond substituents is 1. The number of esters is 1. The summed E-state index contributed by atoms with van der Waals surface area (Å²) in [6.07, 6.45) is 0. The van der Waals surface area contributed by atoms with Gasteiger partial charge in [-0.25, -0.2) is 4.79 Å². The lowest BCUT2D eigenvalue weighted by Crippen LogP contribution is -2.48. The Morgan fingerprint density at radius 2 is 1.83 bits per heavy atom. The average molecular weight is 427 g/mol. The molecule has 0 aliphatic carbocycles. The summed E-state index contributed by atoms with van der Waals surface area (Å²) in [5.74, 6) is -0.0795. The van der Waals surface area contributed by atoms with E-state index in [1.165, 1.54) is 13.2 Å². The number of methoxy groups -OCH3 is 1. The second-order valence-electron chi connectivity index (χ2n) is 7.21. The molecule has 2 N–H and O–H groups in total. The highest BCUT2D eigenvalue weighted by Crippen LogP contribution is 2.37. The smallest absolute Gasteiger partial charge is 0.338 e. The van der Waals surface area contributed by atoms with Crippen molar-refractivity contribution in [2.24, 2.45) is 0 Å². The number of allylic oxidation sites excluding steroid dienone is 1. The molecular formula is C23H26N2O4S. The van der Waals surface area contributed by atoms with Crippen molar-refractivity contribution in [3.05, 3.63) is 64.4 Å². The fraction of sp³-hybridized carbons (Fsp3) is 0.304. The van der Waals surface area contributed by atoms with Gasteiger partial charge in [0.25, 0.3) is 0 Å². The van der Waals surface area contributed by atoms with E-state index in [9.17, 15) is 9.90 Å². The van der Waals surface area contributed by atoms with Crippen LogP contribution in [-0.4, -0.2) is 29.9 Å². The maximum absolute atomic E-state index is 13.0. The molecule has 0 saturated heterocycles. The predicted octanol–water partition coefficient (Wildman–Crippen LogP) is 4.29. The first kappa shape index (κ1) is 21.6. The molecule has 1 atom stereocenters. The van der Waals surface area contributed by atoms with Gasteiger partial charge in [-0.15, -0.1) is 0 Å². The number of rotatable bonds is 5. The third-order valence-corrected chi connectivity index (χ3v) is 5.28. The summed E-state index contributed by atoms with van der Waals surface area (Å²) in [7, 11) is 1.48. The third kappa shape index (κ3) is 4.11. The van der Waals surface area contributed by atoms with Gasteiger partial charge in [0.05, 0.1) is 25.3 Å². The number of thiocarbonyl (C=S) groups is 1. The van der Waals surface area contributed by atoms with Crippen molar-refractivity contribution in [3.8, 4) is 11.5 Å². The van der Waals surface area contributed by atoms with Gasteiger partial charge >= 0.3 is 5.97 Å². The van der Waals surface area contributed by atoms with Crippen LogP contribution >= 0.6 is 12.2 Å². The minimum Gasteiger partial charge on any atom is -0.504 e. The van der Waals surface area contributed by atoms with Gasteiger partial charge in [-0.2, -0.15) is 0 Å². The first-order valence-corrected chi connectivity index (χ1v) is 10.1. The van der Waals surface area contributed by atoms with Gasteiger partial charge < -0.3 is 19.9 Å². The van der Waals surface area contributed by atoms with Crippen LogP contribution in [0.5, 0.6) is 11.5 Å². The maximum atomic E-state index is 13.0. The zero-order chi connectivity index (χ0) is 22.0. The van der Waals surface area contributed by atoms with E-state index in [2.05, 4.69) is 11.4 Å². The number of benzene rings is 2. The minimum absolute atomic E-state index is 0.0230. The van der Waals surface area contributed by atoms with Crippen LogP contribution in [0.2, 0.25) is 0 Å². The van der Waals surface area contributed by atoms with E-state index in [0.29, 0.717) is 22.1 Å². The zero-order valence-corrected chi connectivity index (χ0v) is 18.6. The Morgan fingerprint density at radius 1 is 1.17 bits per heavy atom. The lowest BCUT2D eigenvalue weighted by atomic mass is 9.94. The van der Waals surface area contributed by atoms with Crippen LogP contribution in [0, 0.1) is 13.8 Å². The fourth-order valence-electron chi connectivity index (χ4n) is 3.73. The summed E-state index contributed by atoms with van der Waals surface area (Å²) in [6, 6.07) is 10.6. The second-order valence-corrected chi connectivity index (χ2v) is 7.60. The third-order valence-electron chi connectivity index (χ3n) is 4.98. The second kappa shape index (κ2) is 8.75. The van der Waals surface area contributed by atoms with Crippen LogP contribution in [-0.2, 0) is 9.53 Å². The molecule has 30 heavy (non-hydrogen) atoms. The normalized spacial score (nSPS) is 16.4. The van der Waals surface area contributed by atoms with Crippen LogP contribution in [0.1, 0.15) is 36.6 Å². The fourth-order valence-corrected chi connectivity index (χ4v) is 4.09. The Balaban J connectivity index is 2.17. The number of phenols is 1. The molecule has 0 spiro atoms. The molecule has 2 aromatic rings. The number of hydrogen-bond acceptors (Lipinski definition) is 5. The van der Waals surface area contributed by atoms with Crippen molar-refractivity contribution in [3.63, 3.8) is 0 Å². The molecule has 3 rings (SSSR count). The molecule has 1 heterocycles. The average Bonchev–Trinajstić information content (AvgIpc) is 2.67. The molecule has 158 valence electrons. The molecule has 0 saturated carbocycles. The molecule has 2 aromatic carbocycles. The molecule has 6 nitrogen and oxygen atoms in total. The van der Waals surface area contributed by atoms with Gasteiger partial charge in [0.1, 0.15) is 0 Å². The Morgan fingerprint density at radius 3 is 2.43 bits per heavy atom. The Kier molecular flexibility index (Phi) is 6.31. The van der Waals surface area contributed by atoms with E-state index in [1.807, 2.05) is 37.8 Å². The molecule has 1 aliphatic heterocycles. The van der Waals surface area contributed by atoms with E-state index < -0.39 is 12.0 Å². The molecule has 0 fully saturated rings. The van der Waals surface area contributed by atoms with Crippen LogP contribution in [0.15, 0.2) is 47.7 Å². The first-order chi connectivity index (χ1) is 14.3. The largest absolute Gasteiger partial charge is 0.504 e. The van der Waals surface area contributed by atoms with Gasteiger partial charge in [0, 0.05) is 11.4 Å². The summed E-state index contributed by atoms with van der Waals surface area (Å²) >= 11 is 5.69. The van der Waals surface area contributed by atoms with Crippen molar-refractivity contribution >= 4 is 29.0 Å². The van der Waals surface area contributed by atoms with Crippen molar-refractivity contribution in [1.82, 2.24) is 5.32 Å². The monoisotopic (exact) mass is 426 g/mol. The van der Waals surface area contributed by atoms with Gasteiger partial charge in [0.15, 0.2) is 16.6 Å². The number of carbonyl (C=O) groups is 1. The number of ether oxygens (including phenoxy) is 2. The Labute approximate surface area is 182 Å². The van der Waals surface area contributed by atoms with E-state index in [1.54, 1.807) is 19.1 Å². The predicted molar refractivity (Wildman–Crippen MR) is 121 cm³/mol. The van der Waals surface area contributed by atoms with Crippen molar-refractivity contribution < 1.29 is 19.4 Å². The summed E-state index contributed by atoms with van der Waals surface area (Å²) in [5, 5.41) is 13.7. The number of nitrogens with one attached hydrogen (secondary N) is 1. The topological polar surface area (TPSA) is 71.0 Å². The van der Waals surface area contributed by atoms with E-state index in [4.69, 9.17) is 21.7 Å². The number of nitrogens with zero attached hydrogens (tertiary/aromatic N) is 1. The summed E-state index contributed by atoms with van der Waals surface area (Å²) in [5.41, 5.74) is 4.96. The van der Waals surface area contributed by atoms with Crippen LogP contribution in [0.25, 0.3) is 0 Å².